The molecule has 2 aliphatic carbocycles. The number of nitrogens with zero attached hydrogens (tertiary/aromatic N) is 1. The van der Waals surface area contributed by atoms with Crippen LogP contribution in [0.3, 0.4) is 0 Å². The van der Waals surface area contributed by atoms with E-state index in [0.29, 0.717) is 11.8 Å². The molecule has 1 aromatic rings. The SMILES string of the molecule is O=C(NCC1CC1)[C@@H]1CSCN1C(=O)[C@H]1CCc2ccccc21. The number of carbonyl (C=O) groups excluding carboxylic acids is 2. The predicted molar refractivity (Wildman–Crippen MR) is 91.2 cm³/mol. The fourth-order valence-electron chi connectivity index (χ4n) is 3.58. The van der Waals surface area contributed by atoms with Gasteiger partial charge in [-0.3, -0.25) is 9.59 Å². The van der Waals surface area contributed by atoms with Crippen molar-refractivity contribution in [3.63, 3.8) is 0 Å². The zero-order chi connectivity index (χ0) is 15.8. The molecule has 1 aromatic carbocycles. The van der Waals surface area contributed by atoms with Crippen LogP contribution in [-0.2, 0) is 16.0 Å². The molecule has 1 saturated carbocycles. The average Bonchev–Trinajstić information content (AvgIpc) is 3.11. The maximum absolute atomic E-state index is 13.0. The number of hydrogen-bond donors (Lipinski definition) is 1. The number of thioether (sulfide) groups is 1. The van der Waals surface area contributed by atoms with Crippen LogP contribution in [0.2, 0.25) is 0 Å². The topological polar surface area (TPSA) is 49.4 Å². The van der Waals surface area contributed by atoms with Crippen LogP contribution < -0.4 is 5.32 Å². The van der Waals surface area contributed by atoms with Gasteiger partial charge in [0.1, 0.15) is 6.04 Å². The Bertz CT molecular complexity index is 629. The molecule has 4 rings (SSSR count). The van der Waals surface area contributed by atoms with Crippen molar-refractivity contribution in [3.8, 4) is 0 Å². The zero-order valence-electron chi connectivity index (χ0n) is 13.2. The van der Waals surface area contributed by atoms with Gasteiger partial charge in [0.2, 0.25) is 11.8 Å². The lowest BCUT2D eigenvalue weighted by Gasteiger charge is -2.26. The number of benzene rings is 1. The van der Waals surface area contributed by atoms with E-state index < -0.39 is 0 Å². The summed E-state index contributed by atoms with van der Waals surface area (Å²) in [6.45, 7) is 0.772. The smallest absolute Gasteiger partial charge is 0.243 e. The molecule has 0 bridgehead atoms. The van der Waals surface area contributed by atoms with Gasteiger partial charge in [0.15, 0.2) is 0 Å². The summed E-state index contributed by atoms with van der Waals surface area (Å²) in [6.07, 6.45) is 4.28. The van der Waals surface area contributed by atoms with E-state index in [2.05, 4.69) is 17.4 Å². The second-order valence-electron chi connectivity index (χ2n) is 6.80. The Morgan fingerprint density at radius 2 is 2.04 bits per heavy atom. The highest BCUT2D eigenvalue weighted by Gasteiger charge is 2.40. The van der Waals surface area contributed by atoms with E-state index in [-0.39, 0.29) is 23.8 Å². The summed E-state index contributed by atoms with van der Waals surface area (Å²) in [5, 5.41) is 3.03. The summed E-state index contributed by atoms with van der Waals surface area (Å²) in [6, 6.07) is 7.92. The van der Waals surface area contributed by atoms with Crippen molar-refractivity contribution >= 4 is 23.6 Å². The Hall–Kier alpha value is -1.49. The molecule has 3 aliphatic rings. The summed E-state index contributed by atoms with van der Waals surface area (Å²) in [5.74, 6) is 2.12. The summed E-state index contributed by atoms with van der Waals surface area (Å²) >= 11 is 1.68. The van der Waals surface area contributed by atoms with Gasteiger partial charge in [0.25, 0.3) is 0 Å². The van der Waals surface area contributed by atoms with Crippen LogP contribution in [-0.4, -0.2) is 40.9 Å². The van der Waals surface area contributed by atoms with Crippen LogP contribution in [0.1, 0.15) is 36.3 Å². The molecule has 2 fully saturated rings. The summed E-state index contributed by atoms with van der Waals surface area (Å²) in [7, 11) is 0. The molecule has 2 atom stereocenters. The molecule has 0 aromatic heterocycles. The van der Waals surface area contributed by atoms with Crippen molar-refractivity contribution in [2.45, 2.75) is 37.6 Å². The first-order chi connectivity index (χ1) is 11.2. The number of rotatable bonds is 4. The minimum Gasteiger partial charge on any atom is -0.354 e. The first kappa shape index (κ1) is 15.1. The number of carbonyl (C=O) groups is 2. The third-order valence-electron chi connectivity index (χ3n) is 5.16. The maximum atomic E-state index is 13.0. The van der Waals surface area contributed by atoms with Crippen LogP contribution in [0.15, 0.2) is 24.3 Å². The van der Waals surface area contributed by atoms with E-state index in [9.17, 15) is 9.59 Å². The van der Waals surface area contributed by atoms with E-state index >= 15 is 0 Å². The molecule has 2 amide bonds. The van der Waals surface area contributed by atoms with Gasteiger partial charge >= 0.3 is 0 Å². The number of nitrogens with one attached hydrogen (secondary N) is 1. The second kappa shape index (κ2) is 6.19. The average molecular weight is 330 g/mol. The molecule has 23 heavy (non-hydrogen) atoms. The molecule has 0 spiro atoms. The molecular formula is C18H22N2O2S. The first-order valence-electron chi connectivity index (χ1n) is 8.48. The molecule has 5 heteroatoms. The Labute approximate surface area is 141 Å². The van der Waals surface area contributed by atoms with Crippen LogP contribution in [0.4, 0.5) is 0 Å². The van der Waals surface area contributed by atoms with Gasteiger partial charge in [-0.2, -0.15) is 0 Å². The molecule has 1 heterocycles. The Balaban J connectivity index is 1.45. The van der Waals surface area contributed by atoms with Crippen LogP contribution in [0, 0.1) is 5.92 Å². The predicted octanol–water partition coefficient (Wildman–Crippen LogP) is 2.14. The summed E-state index contributed by atoms with van der Waals surface area (Å²) < 4.78 is 0. The van der Waals surface area contributed by atoms with Crippen molar-refractivity contribution in [1.82, 2.24) is 10.2 Å². The first-order valence-corrected chi connectivity index (χ1v) is 9.63. The molecular weight excluding hydrogens is 308 g/mol. The van der Waals surface area contributed by atoms with Gasteiger partial charge in [-0.05, 0) is 42.7 Å². The minimum atomic E-state index is -0.293. The van der Waals surface area contributed by atoms with Crippen molar-refractivity contribution < 1.29 is 9.59 Å². The Kier molecular flexibility index (Phi) is 4.05. The van der Waals surface area contributed by atoms with Crippen molar-refractivity contribution in [2.24, 2.45) is 5.92 Å². The largest absolute Gasteiger partial charge is 0.354 e. The maximum Gasteiger partial charge on any atom is 0.243 e. The van der Waals surface area contributed by atoms with Crippen LogP contribution in [0.5, 0.6) is 0 Å². The van der Waals surface area contributed by atoms with Gasteiger partial charge in [0, 0.05) is 12.3 Å². The molecule has 0 unspecified atom stereocenters. The number of amides is 2. The minimum absolute atomic E-state index is 0.0292. The van der Waals surface area contributed by atoms with Gasteiger partial charge in [-0.15, -0.1) is 11.8 Å². The fraction of sp³-hybridized carbons (Fsp3) is 0.556. The highest BCUT2D eigenvalue weighted by molar-refractivity contribution is 7.99. The van der Waals surface area contributed by atoms with Crippen LogP contribution in [0.25, 0.3) is 0 Å². The Morgan fingerprint density at radius 1 is 1.22 bits per heavy atom. The van der Waals surface area contributed by atoms with E-state index in [1.54, 1.807) is 16.7 Å². The third-order valence-corrected chi connectivity index (χ3v) is 6.17. The van der Waals surface area contributed by atoms with E-state index in [1.807, 2.05) is 12.1 Å². The van der Waals surface area contributed by atoms with Crippen molar-refractivity contribution in [2.75, 3.05) is 18.2 Å². The highest BCUT2D eigenvalue weighted by atomic mass is 32.2. The lowest BCUT2D eigenvalue weighted by molar-refractivity contribution is -0.139. The van der Waals surface area contributed by atoms with Gasteiger partial charge in [0.05, 0.1) is 11.8 Å². The summed E-state index contributed by atoms with van der Waals surface area (Å²) in [4.78, 5) is 27.2. The molecule has 1 aliphatic heterocycles. The van der Waals surface area contributed by atoms with Crippen LogP contribution >= 0.6 is 11.8 Å². The summed E-state index contributed by atoms with van der Waals surface area (Å²) in [5.41, 5.74) is 2.44. The van der Waals surface area contributed by atoms with E-state index in [1.165, 1.54) is 18.4 Å². The van der Waals surface area contributed by atoms with E-state index in [4.69, 9.17) is 0 Å². The number of aryl methyl sites for hydroxylation is 1. The van der Waals surface area contributed by atoms with Gasteiger partial charge < -0.3 is 10.2 Å². The Morgan fingerprint density at radius 3 is 2.87 bits per heavy atom. The number of fused-ring (bicyclic) bond motifs is 1. The quantitative estimate of drug-likeness (QED) is 0.920. The molecule has 122 valence electrons. The zero-order valence-corrected chi connectivity index (χ0v) is 14.0. The van der Waals surface area contributed by atoms with Crippen molar-refractivity contribution in [1.29, 1.82) is 0 Å². The molecule has 0 radical (unpaired) electrons. The number of hydrogen-bond acceptors (Lipinski definition) is 3. The fourth-order valence-corrected chi connectivity index (χ4v) is 4.74. The molecule has 1 N–H and O–H groups in total. The monoisotopic (exact) mass is 330 g/mol. The lowest BCUT2D eigenvalue weighted by Crippen LogP contribution is -2.48. The standard InChI is InChI=1S/C18H22N2O2S/c21-17(19-9-12-5-6-12)16-10-23-11-20(16)18(22)15-8-7-13-3-1-2-4-14(13)15/h1-4,12,15-16H,5-11H2,(H,19,21)/t15-,16-/m0/s1. The third kappa shape index (κ3) is 2.99. The van der Waals surface area contributed by atoms with Crippen molar-refractivity contribution in [3.05, 3.63) is 35.4 Å². The lowest BCUT2D eigenvalue weighted by atomic mass is 9.99. The molecule has 4 nitrogen and oxygen atoms in total. The second-order valence-corrected chi connectivity index (χ2v) is 7.80. The normalized spacial score (nSPS) is 26.2. The van der Waals surface area contributed by atoms with Gasteiger partial charge in [-0.1, -0.05) is 24.3 Å². The van der Waals surface area contributed by atoms with Gasteiger partial charge in [-0.25, -0.2) is 0 Å². The van der Waals surface area contributed by atoms with E-state index in [0.717, 1.165) is 30.7 Å². The highest BCUT2D eigenvalue weighted by Crippen LogP contribution is 2.36. The molecule has 1 saturated heterocycles.